The van der Waals surface area contributed by atoms with Crippen molar-refractivity contribution < 1.29 is 4.74 Å². The number of ether oxygens (including phenoxy) is 1. The molecule has 80 valence electrons. The van der Waals surface area contributed by atoms with Crippen LogP contribution in [0.4, 0.5) is 0 Å². The van der Waals surface area contributed by atoms with Gasteiger partial charge in [0, 0.05) is 24.8 Å². The Morgan fingerprint density at radius 3 is 3.00 bits per heavy atom. The van der Waals surface area contributed by atoms with Gasteiger partial charge in [0.1, 0.15) is 6.61 Å². The Kier molecular flexibility index (Phi) is 2.88. The summed E-state index contributed by atoms with van der Waals surface area (Å²) in [6.07, 6.45) is 1.96. The molecule has 2 aromatic rings. The molecule has 0 unspecified atom stereocenters. The molecule has 15 heavy (non-hydrogen) atoms. The molecule has 2 heterocycles. The van der Waals surface area contributed by atoms with Crippen LogP contribution < -0.4 is 0 Å². The lowest BCUT2D eigenvalue weighted by Crippen LogP contribution is -1.92. The molecule has 0 spiro atoms. The fourth-order valence-corrected chi connectivity index (χ4v) is 1.88. The maximum absolute atomic E-state index is 4.96. The van der Waals surface area contributed by atoms with Crippen LogP contribution in [0, 0.1) is 0 Å². The number of methoxy groups -OCH3 is 1. The van der Waals surface area contributed by atoms with Gasteiger partial charge in [-0.2, -0.15) is 5.10 Å². The number of hydrogen-bond donors (Lipinski definition) is 1. The van der Waals surface area contributed by atoms with Crippen LogP contribution in [0.2, 0.25) is 0 Å². The Bertz CT molecular complexity index is 462. The smallest absolute Gasteiger partial charge is 0.197 e. The molecule has 2 aromatic heterocycles. The number of H-pyrrole nitrogens is 1. The fraction of sp³-hybridized carbons (Fsp3) is 0.333. The van der Waals surface area contributed by atoms with Crippen molar-refractivity contribution in [2.24, 2.45) is 7.05 Å². The maximum Gasteiger partial charge on any atom is 0.197 e. The average molecular weight is 271 g/mol. The zero-order valence-electron chi connectivity index (χ0n) is 8.49. The van der Waals surface area contributed by atoms with E-state index >= 15 is 0 Å². The SMILES string of the molecule is COCc1nc(-c2cc(Br)cn2C)n[nH]1. The summed E-state index contributed by atoms with van der Waals surface area (Å²) in [5, 5.41) is 6.95. The Hall–Kier alpha value is -1.14. The van der Waals surface area contributed by atoms with Crippen molar-refractivity contribution in [2.45, 2.75) is 6.61 Å². The van der Waals surface area contributed by atoms with E-state index in [1.165, 1.54) is 0 Å². The molecular formula is C9H11BrN4O. The van der Waals surface area contributed by atoms with Gasteiger partial charge in [0.2, 0.25) is 0 Å². The molecule has 0 aromatic carbocycles. The quantitative estimate of drug-likeness (QED) is 0.924. The van der Waals surface area contributed by atoms with Gasteiger partial charge in [0.15, 0.2) is 11.6 Å². The van der Waals surface area contributed by atoms with Crippen molar-refractivity contribution in [1.29, 1.82) is 0 Å². The largest absolute Gasteiger partial charge is 0.377 e. The lowest BCUT2D eigenvalue weighted by atomic mass is 10.4. The van der Waals surface area contributed by atoms with Gasteiger partial charge in [-0.3, -0.25) is 5.10 Å². The van der Waals surface area contributed by atoms with Gasteiger partial charge in [-0.15, -0.1) is 0 Å². The summed E-state index contributed by atoms with van der Waals surface area (Å²) >= 11 is 3.41. The predicted octanol–water partition coefficient (Wildman–Crippen LogP) is 1.72. The van der Waals surface area contributed by atoms with Crippen molar-refractivity contribution >= 4 is 15.9 Å². The number of aryl methyl sites for hydroxylation is 1. The molecule has 6 heteroatoms. The first-order valence-corrected chi connectivity index (χ1v) is 5.22. The fourth-order valence-electron chi connectivity index (χ4n) is 1.36. The van der Waals surface area contributed by atoms with Gasteiger partial charge in [-0.1, -0.05) is 0 Å². The molecule has 0 radical (unpaired) electrons. The molecule has 0 aliphatic heterocycles. The minimum absolute atomic E-state index is 0.443. The van der Waals surface area contributed by atoms with Gasteiger partial charge in [0.25, 0.3) is 0 Å². The number of nitrogens with one attached hydrogen (secondary N) is 1. The van der Waals surface area contributed by atoms with Crippen LogP contribution in [0.1, 0.15) is 5.82 Å². The van der Waals surface area contributed by atoms with E-state index in [9.17, 15) is 0 Å². The Morgan fingerprint density at radius 1 is 1.60 bits per heavy atom. The monoisotopic (exact) mass is 270 g/mol. The van der Waals surface area contributed by atoms with E-state index in [-0.39, 0.29) is 0 Å². The van der Waals surface area contributed by atoms with Crippen molar-refractivity contribution in [2.75, 3.05) is 7.11 Å². The van der Waals surface area contributed by atoms with Gasteiger partial charge in [0.05, 0.1) is 5.69 Å². The molecular weight excluding hydrogens is 260 g/mol. The molecule has 0 amide bonds. The van der Waals surface area contributed by atoms with Crippen LogP contribution in [0.3, 0.4) is 0 Å². The summed E-state index contributed by atoms with van der Waals surface area (Å²) in [5.74, 6) is 1.40. The molecule has 0 bridgehead atoms. The van der Waals surface area contributed by atoms with Gasteiger partial charge >= 0.3 is 0 Å². The standard InChI is InChI=1S/C9H11BrN4O/c1-14-4-6(10)3-7(14)9-11-8(5-15-2)12-13-9/h3-4H,5H2,1-2H3,(H,11,12,13). The lowest BCUT2D eigenvalue weighted by Gasteiger charge is -1.95. The average Bonchev–Trinajstić information content (AvgIpc) is 2.73. The van der Waals surface area contributed by atoms with Crippen LogP contribution >= 0.6 is 15.9 Å². The Balaban J connectivity index is 2.32. The topological polar surface area (TPSA) is 55.7 Å². The van der Waals surface area contributed by atoms with E-state index in [2.05, 4.69) is 31.1 Å². The third kappa shape index (κ3) is 2.10. The van der Waals surface area contributed by atoms with Crippen LogP contribution in [0.5, 0.6) is 0 Å². The number of nitrogens with zero attached hydrogens (tertiary/aromatic N) is 3. The van der Waals surface area contributed by atoms with E-state index in [1.54, 1.807) is 7.11 Å². The minimum Gasteiger partial charge on any atom is -0.377 e. The number of hydrogen-bond acceptors (Lipinski definition) is 3. The van der Waals surface area contributed by atoms with E-state index in [0.29, 0.717) is 12.4 Å². The first kappa shape index (κ1) is 10.4. The molecule has 0 saturated heterocycles. The molecule has 0 saturated carbocycles. The normalized spacial score (nSPS) is 10.9. The summed E-state index contributed by atoms with van der Waals surface area (Å²) in [6.45, 7) is 0.443. The molecule has 1 N–H and O–H groups in total. The van der Waals surface area contributed by atoms with Crippen LogP contribution in [0.25, 0.3) is 11.5 Å². The van der Waals surface area contributed by atoms with E-state index in [0.717, 1.165) is 16.0 Å². The highest BCUT2D eigenvalue weighted by molar-refractivity contribution is 9.10. The van der Waals surface area contributed by atoms with Crippen molar-refractivity contribution in [3.63, 3.8) is 0 Å². The molecule has 0 atom stereocenters. The second-order valence-electron chi connectivity index (χ2n) is 3.19. The minimum atomic E-state index is 0.443. The van der Waals surface area contributed by atoms with Gasteiger partial charge < -0.3 is 9.30 Å². The van der Waals surface area contributed by atoms with Gasteiger partial charge in [-0.25, -0.2) is 4.98 Å². The van der Waals surface area contributed by atoms with Crippen LogP contribution in [-0.4, -0.2) is 26.9 Å². The lowest BCUT2D eigenvalue weighted by molar-refractivity contribution is 0.178. The third-order valence-corrected chi connectivity index (χ3v) is 2.45. The van der Waals surface area contributed by atoms with Crippen LogP contribution in [0.15, 0.2) is 16.7 Å². The van der Waals surface area contributed by atoms with E-state index in [4.69, 9.17) is 4.74 Å². The maximum atomic E-state index is 4.96. The van der Waals surface area contributed by atoms with Gasteiger partial charge in [-0.05, 0) is 22.0 Å². The van der Waals surface area contributed by atoms with E-state index < -0.39 is 0 Å². The molecule has 0 fully saturated rings. The first-order valence-electron chi connectivity index (χ1n) is 4.43. The molecule has 2 rings (SSSR count). The summed E-state index contributed by atoms with van der Waals surface area (Å²) in [6, 6.07) is 1.97. The van der Waals surface area contributed by atoms with Crippen molar-refractivity contribution in [3.8, 4) is 11.5 Å². The number of aromatic nitrogens is 4. The molecule has 0 aliphatic rings. The zero-order valence-corrected chi connectivity index (χ0v) is 10.1. The summed E-state index contributed by atoms with van der Waals surface area (Å²) in [5.41, 5.74) is 0.959. The summed E-state index contributed by atoms with van der Waals surface area (Å²) < 4.78 is 7.94. The zero-order chi connectivity index (χ0) is 10.8. The molecule has 5 nitrogen and oxygen atoms in total. The highest BCUT2D eigenvalue weighted by atomic mass is 79.9. The van der Waals surface area contributed by atoms with Crippen molar-refractivity contribution in [1.82, 2.24) is 19.7 Å². The predicted molar refractivity (Wildman–Crippen MR) is 59.2 cm³/mol. The number of aromatic amines is 1. The first-order chi connectivity index (χ1) is 7.20. The highest BCUT2D eigenvalue weighted by Gasteiger charge is 2.09. The second-order valence-corrected chi connectivity index (χ2v) is 4.11. The summed E-state index contributed by atoms with van der Waals surface area (Å²) in [4.78, 5) is 4.31. The second kappa shape index (κ2) is 4.16. The van der Waals surface area contributed by atoms with Crippen LogP contribution in [-0.2, 0) is 18.4 Å². The van der Waals surface area contributed by atoms with Crippen molar-refractivity contribution in [3.05, 3.63) is 22.6 Å². The summed E-state index contributed by atoms with van der Waals surface area (Å²) in [7, 11) is 3.58. The molecule has 0 aliphatic carbocycles. The Morgan fingerprint density at radius 2 is 2.40 bits per heavy atom. The number of rotatable bonds is 3. The van der Waals surface area contributed by atoms with E-state index in [1.807, 2.05) is 23.9 Å². The number of halogens is 1. The highest BCUT2D eigenvalue weighted by Crippen LogP contribution is 2.21. The third-order valence-electron chi connectivity index (χ3n) is 2.01. The Labute approximate surface area is 95.6 Å².